The Hall–Kier alpha value is -4.24. The van der Waals surface area contributed by atoms with Crippen molar-refractivity contribution in [1.82, 2.24) is 9.97 Å². The van der Waals surface area contributed by atoms with Crippen molar-refractivity contribution in [3.8, 4) is 17.2 Å². The summed E-state index contributed by atoms with van der Waals surface area (Å²) >= 11 is 1.31. The minimum atomic E-state index is -0.634. The predicted octanol–water partition coefficient (Wildman–Crippen LogP) is 4.91. The molecular weight excluding hydrogens is 442 g/mol. The van der Waals surface area contributed by atoms with Gasteiger partial charge < -0.3 is 13.9 Å². The van der Waals surface area contributed by atoms with Gasteiger partial charge in [0.25, 0.3) is 5.91 Å². The fourth-order valence-corrected chi connectivity index (χ4v) is 4.25. The number of ether oxygens (including phenoxy) is 2. The summed E-state index contributed by atoms with van der Waals surface area (Å²) in [5.41, 5.74) is 2.15. The van der Waals surface area contributed by atoms with E-state index in [2.05, 4.69) is 15.3 Å². The number of pyridine rings is 1. The first-order valence-electron chi connectivity index (χ1n) is 9.96. The molecule has 0 aliphatic heterocycles. The zero-order valence-corrected chi connectivity index (χ0v) is 18.2. The average molecular weight is 459 g/mol. The second kappa shape index (κ2) is 8.71. The van der Waals surface area contributed by atoms with Crippen molar-refractivity contribution in [2.24, 2.45) is 0 Å². The number of benzene rings is 2. The number of rotatable bonds is 6. The maximum absolute atomic E-state index is 12.9. The fourth-order valence-electron chi connectivity index (χ4n) is 3.34. The lowest BCUT2D eigenvalue weighted by Gasteiger charge is -2.09. The van der Waals surface area contributed by atoms with E-state index in [0.29, 0.717) is 38.8 Å². The van der Waals surface area contributed by atoms with Crippen LogP contribution in [0.25, 0.3) is 32.6 Å². The Balaban J connectivity index is 1.32. The summed E-state index contributed by atoms with van der Waals surface area (Å²) in [4.78, 5) is 34.2. The molecule has 2 aromatic carbocycles. The summed E-state index contributed by atoms with van der Waals surface area (Å²) in [6, 6.07) is 17.8. The zero-order chi connectivity index (χ0) is 22.8. The molecule has 0 aliphatic carbocycles. The van der Waals surface area contributed by atoms with Gasteiger partial charge in [0.05, 0.1) is 34.7 Å². The first kappa shape index (κ1) is 20.7. The van der Waals surface area contributed by atoms with Crippen LogP contribution in [0.4, 0.5) is 5.13 Å². The number of nitrogens with one attached hydrogen (secondary N) is 1. The quantitative estimate of drug-likeness (QED) is 0.360. The molecule has 8 nitrogen and oxygen atoms in total. The van der Waals surface area contributed by atoms with Crippen LogP contribution >= 0.6 is 11.3 Å². The van der Waals surface area contributed by atoms with Crippen molar-refractivity contribution < 1.29 is 23.5 Å². The minimum absolute atomic E-state index is 0.298. The number of anilines is 1. The van der Waals surface area contributed by atoms with E-state index >= 15 is 0 Å². The van der Waals surface area contributed by atoms with Gasteiger partial charge in [-0.15, -0.1) is 0 Å². The third-order valence-electron chi connectivity index (χ3n) is 4.89. The first-order valence-corrected chi connectivity index (χ1v) is 10.8. The van der Waals surface area contributed by atoms with Crippen LogP contribution in [0, 0.1) is 0 Å². The third-order valence-corrected chi connectivity index (χ3v) is 5.82. The number of carbonyl (C=O) groups excluding carboxylic acids is 2. The second-order valence-electron chi connectivity index (χ2n) is 7.03. The van der Waals surface area contributed by atoms with E-state index in [1.165, 1.54) is 17.6 Å². The Bertz CT molecular complexity index is 1480. The number of methoxy groups -OCH3 is 1. The minimum Gasteiger partial charge on any atom is -0.497 e. The maximum atomic E-state index is 12.9. The molecule has 0 saturated carbocycles. The van der Waals surface area contributed by atoms with Gasteiger partial charge >= 0.3 is 5.97 Å². The van der Waals surface area contributed by atoms with Crippen LogP contribution in [0.2, 0.25) is 0 Å². The van der Waals surface area contributed by atoms with Crippen LogP contribution in [-0.4, -0.2) is 35.6 Å². The predicted molar refractivity (Wildman–Crippen MR) is 125 cm³/mol. The molecular formula is C24H17N3O5S. The Morgan fingerprint density at radius 3 is 2.73 bits per heavy atom. The number of esters is 1. The molecule has 0 aliphatic rings. The van der Waals surface area contributed by atoms with Crippen molar-refractivity contribution in [3.05, 3.63) is 72.5 Å². The number of carbonyl (C=O) groups is 2. The van der Waals surface area contributed by atoms with Crippen LogP contribution < -0.4 is 10.1 Å². The van der Waals surface area contributed by atoms with Crippen LogP contribution in [0.3, 0.4) is 0 Å². The lowest BCUT2D eigenvalue weighted by atomic mass is 10.1. The molecule has 0 atom stereocenters. The SMILES string of the molecule is COc1ccc2nc(NC(=O)COC(=O)c3cc(-c4ccco4)nc4ccccc34)sc2c1. The zero-order valence-electron chi connectivity index (χ0n) is 17.4. The topological polar surface area (TPSA) is 104 Å². The lowest BCUT2D eigenvalue weighted by molar-refractivity contribution is -0.119. The number of amides is 1. The molecule has 164 valence electrons. The summed E-state index contributed by atoms with van der Waals surface area (Å²) in [7, 11) is 1.59. The number of furan rings is 1. The van der Waals surface area contributed by atoms with Gasteiger partial charge in [-0.1, -0.05) is 29.5 Å². The highest BCUT2D eigenvalue weighted by atomic mass is 32.1. The normalized spacial score (nSPS) is 10.9. The average Bonchev–Trinajstić information content (AvgIpc) is 3.51. The van der Waals surface area contributed by atoms with E-state index in [-0.39, 0.29) is 0 Å². The Morgan fingerprint density at radius 1 is 1.03 bits per heavy atom. The Kier molecular flexibility index (Phi) is 5.45. The number of para-hydroxylation sites is 1. The molecule has 3 aromatic heterocycles. The number of fused-ring (bicyclic) bond motifs is 2. The van der Waals surface area contributed by atoms with E-state index in [0.717, 1.165) is 10.2 Å². The van der Waals surface area contributed by atoms with E-state index < -0.39 is 18.5 Å². The van der Waals surface area contributed by atoms with Crippen LogP contribution in [0.1, 0.15) is 10.4 Å². The maximum Gasteiger partial charge on any atom is 0.339 e. The monoisotopic (exact) mass is 459 g/mol. The number of nitrogens with zero attached hydrogens (tertiary/aromatic N) is 2. The Morgan fingerprint density at radius 2 is 1.91 bits per heavy atom. The molecule has 0 bridgehead atoms. The summed E-state index contributed by atoms with van der Waals surface area (Å²) in [5, 5.41) is 3.70. The Labute approximate surface area is 191 Å². The highest BCUT2D eigenvalue weighted by Gasteiger charge is 2.18. The van der Waals surface area contributed by atoms with Gasteiger partial charge in [-0.05, 0) is 42.5 Å². The van der Waals surface area contributed by atoms with Crippen molar-refractivity contribution >= 4 is 49.5 Å². The summed E-state index contributed by atoms with van der Waals surface area (Å²) in [5.74, 6) is 0.112. The van der Waals surface area contributed by atoms with Gasteiger partial charge in [0.1, 0.15) is 11.4 Å². The number of hydrogen-bond acceptors (Lipinski definition) is 8. The summed E-state index contributed by atoms with van der Waals surface area (Å²) in [6.07, 6.45) is 1.53. The van der Waals surface area contributed by atoms with E-state index in [9.17, 15) is 9.59 Å². The van der Waals surface area contributed by atoms with E-state index in [1.807, 2.05) is 24.3 Å². The van der Waals surface area contributed by atoms with Crippen molar-refractivity contribution in [2.45, 2.75) is 0 Å². The molecule has 0 spiro atoms. The number of hydrogen-bond donors (Lipinski definition) is 1. The molecule has 0 saturated heterocycles. The summed E-state index contributed by atoms with van der Waals surface area (Å²) in [6.45, 7) is -0.454. The van der Waals surface area contributed by atoms with Crippen molar-refractivity contribution in [2.75, 3.05) is 19.0 Å². The van der Waals surface area contributed by atoms with Gasteiger partial charge in [-0.25, -0.2) is 14.8 Å². The molecule has 33 heavy (non-hydrogen) atoms. The lowest BCUT2D eigenvalue weighted by Crippen LogP contribution is -2.21. The largest absolute Gasteiger partial charge is 0.497 e. The van der Waals surface area contributed by atoms with Gasteiger partial charge in [-0.2, -0.15) is 0 Å². The highest BCUT2D eigenvalue weighted by Crippen LogP contribution is 2.29. The second-order valence-corrected chi connectivity index (χ2v) is 8.06. The number of aromatic nitrogens is 2. The molecule has 9 heteroatoms. The smallest absolute Gasteiger partial charge is 0.339 e. The molecule has 1 N–H and O–H groups in total. The van der Waals surface area contributed by atoms with Crippen LogP contribution in [0.5, 0.6) is 5.75 Å². The standard InChI is InChI=1S/C24H17N3O5S/c1-30-14-8-9-18-21(11-14)33-24(26-18)27-22(28)13-32-23(29)16-12-19(20-7-4-10-31-20)25-17-6-3-2-5-15(16)17/h2-12H,13H2,1H3,(H,26,27,28). The molecule has 1 amide bonds. The highest BCUT2D eigenvalue weighted by molar-refractivity contribution is 7.22. The van der Waals surface area contributed by atoms with Crippen LogP contribution in [-0.2, 0) is 9.53 Å². The van der Waals surface area contributed by atoms with E-state index in [4.69, 9.17) is 13.9 Å². The van der Waals surface area contributed by atoms with Gasteiger partial charge in [-0.3, -0.25) is 10.1 Å². The van der Waals surface area contributed by atoms with Gasteiger partial charge in [0.15, 0.2) is 17.5 Å². The van der Waals surface area contributed by atoms with Crippen LogP contribution in [0.15, 0.2) is 71.3 Å². The van der Waals surface area contributed by atoms with Gasteiger partial charge in [0.2, 0.25) is 0 Å². The molecule has 3 heterocycles. The van der Waals surface area contributed by atoms with E-state index in [1.54, 1.807) is 43.5 Å². The summed E-state index contributed by atoms with van der Waals surface area (Å²) < 4.78 is 16.8. The van der Waals surface area contributed by atoms with Gasteiger partial charge in [0, 0.05) is 5.39 Å². The molecule has 5 aromatic rings. The molecule has 0 radical (unpaired) electrons. The molecule has 0 fully saturated rings. The fraction of sp³-hybridized carbons (Fsp3) is 0.0833. The third kappa shape index (κ3) is 4.26. The molecule has 5 rings (SSSR count). The van der Waals surface area contributed by atoms with Crippen molar-refractivity contribution in [3.63, 3.8) is 0 Å². The first-order chi connectivity index (χ1) is 16.1. The van der Waals surface area contributed by atoms with Crippen molar-refractivity contribution in [1.29, 1.82) is 0 Å². The number of thiazole rings is 1. The molecule has 0 unspecified atom stereocenters.